The molecular weight excluding hydrogens is 226 g/mol. The highest BCUT2D eigenvalue weighted by atomic mass is 16.1. The van der Waals surface area contributed by atoms with Crippen LogP contribution in [0.25, 0.3) is 22.6 Å². The van der Waals surface area contributed by atoms with E-state index in [2.05, 4.69) is 15.0 Å². The molecule has 0 aliphatic heterocycles. The largest absolute Gasteiger partial charge is 0.337 e. The van der Waals surface area contributed by atoms with Crippen LogP contribution in [0.3, 0.4) is 0 Å². The first-order chi connectivity index (χ1) is 8.74. The van der Waals surface area contributed by atoms with Crippen molar-refractivity contribution in [1.29, 1.82) is 0 Å². The Morgan fingerprint density at radius 2 is 2.11 bits per heavy atom. The summed E-state index contributed by atoms with van der Waals surface area (Å²) in [6, 6.07) is 11.1. The van der Waals surface area contributed by atoms with Crippen LogP contribution in [0, 0.1) is 0 Å². The molecule has 0 radical (unpaired) electrons. The van der Waals surface area contributed by atoms with Gasteiger partial charge in [-0.2, -0.15) is 0 Å². The van der Waals surface area contributed by atoms with Gasteiger partial charge in [0.2, 0.25) is 0 Å². The van der Waals surface area contributed by atoms with Gasteiger partial charge in [0.15, 0.2) is 11.6 Å². The fourth-order valence-electron chi connectivity index (χ4n) is 1.85. The summed E-state index contributed by atoms with van der Waals surface area (Å²) < 4.78 is 0. The maximum Gasteiger partial charge on any atom is 0.159 e. The van der Waals surface area contributed by atoms with E-state index in [1.807, 2.05) is 30.3 Å². The number of pyridine rings is 1. The van der Waals surface area contributed by atoms with Crippen LogP contribution in [0.1, 0.15) is 17.3 Å². The first-order valence-electron chi connectivity index (χ1n) is 5.66. The maximum absolute atomic E-state index is 11.3. The van der Waals surface area contributed by atoms with Gasteiger partial charge in [-0.3, -0.25) is 9.78 Å². The van der Waals surface area contributed by atoms with Gasteiger partial charge in [-0.15, -0.1) is 0 Å². The van der Waals surface area contributed by atoms with Crippen molar-refractivity contribution in [3.8, 4) is 11.5 Å². The molecule has 0 aliphatic carbocycles. The number of imidazole rings is 1. The zero-order chi connectivity index (χ0) is 12.5. The number of benzene rings is 1. The molecule has 3 aromatic rings. The second kappa shape index (κ2) is 4.07. The molecule has 0 unspecified atom stereocenters. The Balaban J connectivity index is 2.14. The number of ketones is 1. The Labute approximate surface area is 104 Å². The lowest BCUT2D eigenvalue weighted by Crippen LogP contribution is -1.90. The topological polar surface area (TPSA) is 58.6 Å². The molecule has 2 aromatic heterocycles. The molecule has 0 atom stereocenters. The van der Waals surface area contributed by atoms with Gasteiger partial charge in [0.1, 0.15) is 5.69 Å². The third kappa shape index (κ3) is 1.78. The lowest BCUT2D eigenvalue weighted by molar-refractivity contribution is 0.101. The first-order valence-corrected chi connectivity index (χ1v) is 5.66. The third-order valence-electron chi connectivity index (χ3n) is 2.80. The number of aromatic amines is 1. The van der Waals surface area contributed by atoms with Crippen LogP contribution in [-0.4, -0.2) is 20.7 Å². The molecule has 2 heterocycles. The monoisotopic (exact) mass is 237 g/mol. The van der Waals surface area contributed by atoms with Gasteiger partial charge in [-0.25, -0.2) is 4.98 Å². The summed E-state index contributed by atoms with van der Waals surface area (Å²) >= 11 is 0. The van der Waals surface area contributed by atoms with E-state index in [1.54, 1.807) is 19.2 Å². The number of carbonyl (C=O) groups excluding carboxylic acids is 1. The van der Waals surface area contributed by atoms with Gasteiger partial charge < -0.3 is 4.98 Å². The number of H-pyrrole nitrogens is 1. The van der Waals surface area contributed by atoms with Crippen molar-refractivity contribution in [3.05, 3.63) is 48.2 Å². The first kappa shape index (κ1) is 10.7. The molecule has 88 valence electrons. The predicted molar refractivity (Wildman–Crippen MR) is 69.3 cm³/mol. The molecule has 3 rings (SSSR count). The van der Waals surface area contributed by atoms with Crippen LogP contribution in [0.2, 0.25) is 0 Å². The summed E-state index contributed by atoms with van der Waals surface area (Å²) in [6.45, 7) is 1.55. The number of nitrogens with one attached hydrogen (secondary N) is 1. The Bertz CT molecular complexity index is 716. The fourth-order valence-corrected chi connectivity index (χ4v) is 1.85. The number of hydrogen-bond acceptors (Lipinski definition) is 3. The van der Waals surface area contributed by atoms with Crippen LogP contribution in [0.15, 0.2) is 42.6 Å². The minimum atomic E-state index is 0.0471. The average Bonchev–Trinajstić information content (AvgIpc) is 2.82. The number of aromatic nitrogens is 3. The van der Waals surface area contributed by atoms with Gasteiger partial charge in [0.25, 0.3) is 0 Å². The SMILES string of the molecule is CC(=O)c1ccc2nc(-c3ccccn3)[nH]c2c1. The van der Waals surface area contributed by atoms with E-state index in [9.17, 15) is 4.79 Å². The van der Waals surface area contributed by atoms with Crippen LogP contribution in [0.4, 0.5) is 0 Å². The number of hydrogen-bond donors (Lipinski definition) is 1. The highest BCUT2D eigenvalue weighted by Gasteiger charge is 2.07. The van der Waals surface area contributed by atoms with Crippen molar-refractivity contribution in [2.24, 2.45) is 0 Å². The summed E-state index contributed by atoms with van der Waals surface area (Å²) in [5, 5.41) is 0. The quantitative estimate of drug-likeness (QED) is 0.697. The molecule has 0 fully saturated rings. The van der Waals surface area contributed by atoms with E-state index in [0.29, 0.717) is 11.4 Å². The lowest BCUT2D eigenvalue weighted by Gasteiger charge is -1.93. The Hall–Kier alpha value is -2.49. The van der Waals surface area contributed by atoms with E-state index in [0.717, 1.165) is 16.7 Å². The highest BCUT2D eigenvalue weighted by Crippen LogP contribution is 2.19. The van der Waals surface area contributed by atoms with Crippen LogP contribution in [0.5, 0.6) is 0 Å². The van der Waals surface area contributed by atoms with Crippen molar-refractivity contribution in [2.75, 3.05) is 0 Å². The van der Waals surface area contributed by atoms with Crippen LogP contribution in [-0.2, 0) is 0 Å². The smallest absolute Gasteiger partial charge is 0.159 e. The molecule has 0 amide bonds. The molecule has 4 heteroatoms. The zero-order valence-corrected chi connectivity index (χ0v) is 9.84. The second-order valence-corrected chi connectivity index (χ2v) is 4.09. The molecule has 4 nitrogen and oxygen atoms in total. The molecule has 0 bridgehead atoms. The molecule has 0 saturated carbocycles. The second-order valence-electron chi connectivity index (χ2n) is 4.09. The minimum Gasteiger partial charge on any atom is -0.337 e. The summed E-state index contributed by atoms with van der Waals surface area (Å²) in [4.78, 5) is 23.2. The zero-order valence-electron chi connectivity index (χ0n) is 9.84. The van der Waals surface area contributed by atoms with Gasteiger partial charge >= 0.3 is 0 Å². The summed E-state index contributed by atoms with van der Waals surface area (Å²) in [7, 11) is 0. The van der Waals surface area contributed by atoms with Crippen LogP contribution >= 0.6 is 0 Å². The average molecular weight is 237 g/mol. The fraction of sp³-hybridized carbons (Fsp3) is 0.0714. The molecule has 1 N–H and O–H groups in total. The minimum absolute atomic E-state index is 0.0471. The van der Waals surface area contributed by atoms with E-state index in [4.69, 9.17) is 0 Å². The highest BCUT2D eigenvalue weighted by molar-refractivity contribution is 5.97. The van der Waals surface area contributed by atoms with Crippen molar-refractivity contribution < 1.29 is 4.79 Å². The molecule has 0 spiro atoms. The Morgan fingerprint density at radius 1 is 1.22 bits per heavy atom. The Kier molecular flexibility index (Phi) is 2.41. The van der Waals surface area contributed by atoms with Gasteiger partial charge in [-0.05, 0) is 37.3 Å². The molecular formula is C14H11N3O. The van der Waals surface area contributed by atoms with E-state index in [-0.39, 0.29) is 5.78 Å². The van der Waals surface area contributed by atoms with Crippen molar-refractivity contribution in [3.63, 3.8) is 0 Å². The van der Waals surface area contributed by atoms with Gasteiger partial charge in [0.05, 0.1) is 11.0 Å². The number of carbonyl (C=O) groups is 1. The summed E-state index contributed by atoms with van der Waals surface area (Å²) in [5.74, 6) is 0.761. The lowest BCUT2D eigenvalue weighted by atomic mass is 10.1. The van der Waals surface area contributed by atoms with Crippen molar-refractivity contribution in [2.45, 2.75) is 6.92 Å². The van der Waals surface area contributed by atoms with Crippen LogP contribution < -0.4 is 0 Å². The molecule has 18 heavy (non-hydrogen) atoms. The standard InChI is InChI=1S/C14H11N3O/c1-9(18)10-5-6-11-13(8-10)17-14(16-11)12-4-2-3-7-15-12/h2-8H,1H3,(H,16,17). The summed E-state index contributed by atoms with van der Waals surface area (Å²) in [6.07, 6.45) is 1.73. The number of fused-ring (bicyclic) bond motifs is 1. The van der Waals surface area contributed by atoms with Crippen molar-refractivity contribution >= 4 is 16.8 Å². The van der Waals surface area contributed by atoms with Gasteiger partial charge in [0, 0.05) is 11.8 Å². The number of Topliss-reactive ketones (excluding diaryl/α,β-unsaturated/α-hetero) is 1. The number of rotatable bonds is 2. The van der Waals surface area contributed by atoms with E-state index >= 15 is 0 Å². The predicted octanol–water partition coefficient (Wildman–Crippen LogP) is 2.83. The van der Waals surface area contributed by atoms with E-state index in [1.165, 1.54) is 0 Å². The summed E-state index contributed by atoms with van der Waals surface area (Å²) in [5.41, 5.74) is 3.15. The van der Waals surface area contributed by atoms with E-state index < -0.39 is 0 Å². The number of nitrogens with zero attached hydrogens (tertiary/aromatic N) is 2. The maximum atomic E-state index is 11.3. The molecule has 0 aliphatic rings. The normalized spacial score (nSPS) is 10.7. The third-order valence-corrected chi connectivity index (χ3v) is 2.80. The Morgan fingerprint density at radius 3 is 2.83 bits per heavy atom. The molecule has 1 aromatic carbocycles. The van der Waals surface area contributed by atoms with Crippen molar-refractivity contribution in [1.82, 2.24) is 15.0 Å². The van der Waals surface area contributed by atoms with Gasteiger partial charge in [-0.1, -0.05) is 6.07 Å². The molecule has 0 saturated heterocycles.